The molecule has 100 valence electrons. The highest BCUT2D eigenvalue weighted by Crippen LogP contribution is 2.26. The smallest absolute Gasteiger partial charge is 0.338 e. The predicted octanol–water partition coefficient (Wildman–Crippen LogP) is 2.35. The number of rotatable bonds is 3. The number of hydrogen-bond donors (Lipinski definition) is 1. The number of aryl methyl sites for hydroxylation is 1. The fourth-order valence-electron chi connectivity index (χ4n) is 2.37. The zero-order valence-corrected chi connectivity index (χ0v) is 11.5. The van der Waals surface area contributed by atoms with Gasteiger partial charge in [0.2, 0.25) is 0 Å². The number of esters is 1. The molecule has 0 amide bonds. The largest absolute Gasteiger partial charge is 0.462 e. The average molecular weight is 270 g/mol. The third kappa shape index (κ3) is 3.24. The van der Waals surface area contributed by atoms with Crippen molar-refractivity contribution in [3.8, 4) is 0 Å². The fraction of sp³-hybridized carbons (Fsp3) is 0.500. The standard InChI is InChI=1S/C14H19NO2.ClH/c1-2-17-14(16)13-6-5-11-7-10(9-15)3-4-12(11)8-13;/h5-6,8,10H,2-4,7,9,15H2,1H3;1H. The van der Waals surface area contributed by atoms with E-state index in [4.69, 9.17) is 10.5 Å². The third-order valence-electron chi connectivity index (χ3n) is 3.38. The number of nitrogens with two attached hydrogens (primary N) is 1. The Kier molecular flexibility index (Phi) is 5.63. The molecule has 0 bridgehead atoms. The lowest BCUT2D eigenvalue weighted by Crippen LogP contribution is -2.22. The van der Waals surface area contributed by atoms with Crippen LogP contribution in [0.1, 0.15) is 34.8 Å². The number of carbonyl (C=O) groups is 1. The van der Waals surface area contributed by atoms with Gasteiger partial charge in [-0.15, -0.1) is 12.4 Å². The molecule has 0 saturated carbocycles. The van der Waals surface area contributed by atoms with Crippen LogP contribution in [0.15, 0.2) is 18.2 Å². The highest BCUT2D eigenvalue weighted by molar-refractivity contribution is 5.89. The number of hydrogen-bond acceptors (Lipinski definition) is 3. The van der Waals surface area contributed by atoms with Crippen LogP contribution in [0.4, 0.5) is 0 Å². The van der Waals surface area contributed by atoms with Crippen molar-refractivity contribution < 1.29 is 9.53 Å². The molecule has 2 rings (SSSR count). The minimum absolute atomic E-state index is 0. The van der Waals surface area contributed by atoms with E-state index in [1.54, 1.807) is 0 Å². The summed E-state index contributed by atoms with van der Waals surface area (Å²) in [4.78, 5) is 11.6. The van der Waals surface area contributed by atoms with E-state index in [0.717, 1.165) is 25.8 Å². The van der Waals surface area contributed by atoms with Crippen LogP contribution >= 0.6 is 12.4 Å². The molecule has 1 aliphatic carbocycles. The topological polar surface area (TPSA) is 52.3 Å². The molecule has 0 spiro atoms. The fourth-order valence-corrected chi connectivity index (χ4v) is 2.37. The van der Waals surface area contributed by atoms with Gasteiger partial charge in [-0.05, 0) is 61.9 Å². The van der Waals surface area contributed by atoms with Gasteiger partial charge in [0.05, 0.1) is 12.2 Å². The van der Waals surface area contributed by atoms with Gasteiger partial charge in [0, 0.05) is 0 Å². The first-order valence-corrected chi connectivity index (χ1v) is 6.23. The molecule has 1 aliphatic rings. The van der Waals surface area contributed by atoms with Gasteiger partial charge >= 0.3 is 5.97 Å². The Balaban J connectivity index is 0.00000162. The maximum Gasteiger partial charge on any atom is 0.338 e. The Labute approximate surface area is 114 Å². The molecule has 0 aliphatic heterocycles. The van der Waals surface area contributed by atoms with E-state index >= 15 is 0 Å². The van der Waals surface area contributed by atoms with Gasteiger partial charge in [-0.1, -0.05) is 6.07 Å². The highest BCUT2D eigenvalue weighted by atomic mass is 35.5. The summed E-state index contributed by atoms with van der Waals surface area (Å²) < 4.78 is 5.00. The van der Waals surface area contributed by atoms with Gasteiger partial charge in [-0.2, -0.15) is 0 Å². The van der Waals surface area contributed by atoms with Crippen molar-refractivity contribution in [3.05, 3.63) is 34.9 Å². The zero-order chi connectivity index (χ0) is 12.3. The lowest BCUT2D eigenvalue weighted by atomic mass is 9.83. The van der Waals surface area contributed by atoms with Gasteiger partial charge in [0.1, 0.15) is 0 Å². The van der Waals surface area contributed by atoms with E-state index in [2.05, 4.69) is 0 Å². The first-order valence-electron chi connectivity index (χ1n) is 6.23. The predicted molar refractivity (Wildman–Crippen MR) is 74.2 cm³/mol. The van der Waals surface area contributed by atoms with Crippen LogP contribution < -0.4 is 5.73 Å². The van der Waals surface area contributed by atoms with E-state index in [1.165, 1.54) is 11.1 Å². The summed E-state index contributed by atoms with van der Waals surface area (Å²) in [6.45, 7) is 2.99. The summed E-state index contributed by atoms with van der Waals surface area (Å²) in [5, 5.41) is 0. The van der Waals surface area contributed by atoms with E-state index in [9.17, 15) is 4.79 Å². The number of benzene rings is 1. The minimum Gasteiger partial charge on any atom is -0.462 e. The molecule has 0 saturated heterocycles. The normalized spacial score (nSPS) is 17.6. The summed E-state index contributed by atoms with van der Waals surface area (Å²) in [5.74, 6) is 0.368. The molecule has 0 radical (unpaired) electrons. The average Bonchev–Trinajstić information content (AvgIpc) is 2.37. The Morgan fingerprint density at radius 2 is 2.22 bits per heavy atom. The van der Waals surface area contributed by atoms with Gasteiger partial charge in [0.25, 0.3) is 0 Å². The van der Waals surface area contributed by atoms with Gasteiger partial charge < -0.3 is 10.5 Å². The van der Waals surface area contributed by atoms with E-state index in [-0.39, 0.29) is 18.4 Å². The van der Waals surface area contributed by atoms with Gasteiger partial charge in [-0.3, -0.25) is 0 Å². The van der Waals surface area contributed by atoms with Crippen LogP contribution in [0.3, 0.4) is 0 Å². The molecule has 3 nitrogen and oxygen atoms in total. The molecule has 18 heavy (non-hydrogen) atoms. The molecular weight excluding hydrogens is 250 g/mol. The maximum absolute atomic E-state index is 11.6. The van der Waals surface area contributed by atoms with Crippen LogP contribution in [0.25, 0.3) is 0 Å². The maximum atomic E-state index is 11.6. The van der Waals surface area contributed by atoms with Crippen molar-refractivity contribution >= 4 is 18.4 Å². The van der Waals surface area contributed by atoms with Crippen LogP contribution in [0, 0.1) is 5.92 Å². The quantitative estimate of drug-likeness (QED) is 0.857. The van der Waals surface area contributed by atoms with Crippen LogP contribution in [0.5, 0.6) is 0 Å². The first-order chi connectivity index (χ1) is 8.24. The van der Waals surface area contributed by atoms with Crippen LogP contribution in [0.2, 0.25) is 0 Å². The van der Waals surface area contributed by atoms with Crippen LogP contribution in [-0.2, 0) is 17.6 Å². The van der Waals surface area contributed by atoms with Crippen molar-refractivity contribution in [3.63, 3.8) is 0 Å². The summed E-state index contributed by atoms with van der Waals surface area (Å²) in [6, 6.07) is 5.87. The van der Waals surface area contributed by atoms with E-state index in [0.29, 0.717) is 18.1 Å². The molecule has 4 heteroatoms. The first kappa shape index (κ1) is 15.0. The second-order valence-corrected chi connectivity index (χ2v) is 4.55. The SMILES string of the molecule is CCOC(=O)c1ccc2c(c1)CCC(CN)C2.Cl. The highest BCUT2D eigenvalue weighted by Gasteiger charge is 2.18. The van der Waals surface area contributed by atoms with Crippen molar-refractivity contribution in [1.82, 2.24) is 0 Å². The molecule has 0 heterocycles. The third-order valence-corrected chi connectivity index (χ3v) is 3.38. The molecule has 2 N–H and O–H groups in total. The summed E-state index contributed by atoms with van der Waals surface area (Å²) in [5.41, 5.74) is 8.98. The van der Waals surface area contributed by atoms with Crippen molar-refractivity contribution in [2.24, 2.45) is 11.7 Å². The Morgan fingerprint density at radius 1 is 1.44 bits per heavy atom. The molecule has 0 aromatic heterocycles. The second kappa shape index (κ2) is 6.76. The van der Waals surface area contributed by atoms with Crippen molar-refractivity contribution in [2.45, 2.75) is 26.2 Å². The van der Waals surface area contributed by atoms with Crippen LogP contribution in [-0.4, -0.2) is 19.1 Å². The molecule has 1 aromatic carbocycles. The molecule has 1 aromatic rings. The summed E-state index contributed by atoms with van der Waals surface area (Å²) >= 11 is 0. The molecule has 1 unspecified atom stereocenters. The summed E-state index contributed by atoms with van der Waals surface area (Å²) in [6.07, 6.45) is 3.18. The summed E-state index contributed by atoms with van der Waals surface area (Å²) in [7, 11) is 0. The zero-order valence-electron chi connectivity index (χ0n) is 10.6. The monoisotopic (exact) mass is 269 g/mol. The van der Waals surface area contributed by atoms with Gasteiger partial charge in [0.15, 0.2) is 0 Å². The Bertz CT molecular complexity index is 420. The second-order valence-electron chi connectivity index (χ2n) is 4.55. The molecular formula is C14H20ClNO2. The number of carbonyl (C=O) groups excluding carboxylic acids is 1. The Morgan fingerprint density at radius 3 is 2.89 bits per heavy atom. The van der Waals surface area contributed by atoms with Gasteiger partial charge in [-0.25, -0.2) is 4.79 Å². The number of ether oxygens (including phenoxy) is 1. The lowest BCUT2D eigenvalue weighted by molar-refractivity contribution is 0.0526. The van der Waals surface area contributed by atoms with E-state index < -0.39 is 0 Å². The Hall–Kier alpha value is -1.06. The number of fused-ring (bicyclic) bond motifs is 1. The lowest BCUT2D eigenvalue weighted by Gasteiger charge is -2.23. The minimum atomic E-state index is -0.226. The molecule has 0 fully saturated rings. The van der Waals surface area contributed by atoms with E-state index in [1.807, 2.05) is 25.1 Å². The van der Waals surface area contributed by atoms with Crippen molar-refractivity contribution in [2.75, 3.05) is 13.2 Å². The molecule has 1 atom stereocenters. The van der Waals surface area contributed by atoms with Crippen molar-refractivity contribution in [1.29, 1.82) is 0 Å². The number of halogens is 1.